The van der Waals surface area contributed by atoms with E-state index in [1.165, 1.54) is 0 Å². The molecule has 0 saturated carbocycles. The molecule has 7 heteroatoms. The number of amides is 2. The molecule has 134 valence electrons. The molecule has 3 N–H and O–H groups in total. The number of nitriles is 1. The van der Waals surface area contributed by atoms with E-state index < -0.39 is 16.9 Å². The predicted molar refractivity (Wildman–Crippen MR) is 89.8 cm³/mol. The molecule has 0 bridgehead atoms. The first-order chi connectivity index (χ1) is 11.1. The number of nitrogens with one attached hydrogen (secondary N) is 2. The van der Waals surface area contributed by atoms with Gasteiger partial charge in [0.15, 0.2) is 6.19 Å². The van der Waals surface area contributed by atoms with Crippen LogP contribution in [0.4, 0.5) is 0 Å². The summed E-state index contributed by atoms with van der Waals surface area (Å²) in [6.07, 6.45) is 4.80. The van der Waals surface area contributed by atoms with Crippen molar-refractivity contribution in [3.63, 3.8) is 0 Å². The number of carbonyl (C=O) groups excluding carboxylic acids is 2. The number of hydrogen-bond donors (Lipinski definition) is 3. The van der Waals surface area contributed by atoms with Crippen molar-refractivity contribution in [1.29, 1.82) is 5.26 Å². The van der Waals surface area contributed by atoms with Gasteiger partial charge >= 0.3 is 0 Å². The summed E-state index contributed by atoms with van der Waals surface area (Å²) in [5, 5.41) is 20.6. The van der Waals surface area contributed by atoms with Crippen molar-refractivity contribution in [2.75, 3.05) is 0 Å². The highest BCUT2D eigenvalue weighted by Gasteiger charge is 2.29. The summed E-state index contributed by atoms with van der Waals surface area (Å²) >= 11 is 0. The molecular weight excluding hydrogens is 308 g/mol. The van der Waals surface area contributed by atoms with Crippen LogP contribution in [0.5, 0.6) is 0 Å². The second-order valence-corrected chi connectivity index (χ2v) is 7.32. The Kier molecular flexibility index (Phi) is 9.02. The van der Waals surface area contributed by atoms with Crippen LogP contribution in [0.2, 0.25) is 0 Å². The Bertz CT molecular complexity index is 469. The fourth-order valence-corrected chi connectivity index (χ4v) is 2.35. The van der Waals surface area contributed by atoms with Gasteiger partial charge in [-0.15, -0.1) is 0 Å². The van der Waals surface area contributed by atoms with E-state index in [1.807, 2.05) is 0 Å². The molecule has 1 atom stereocenters. The molecule has 0 saturated heterocycles. The van der Waals surface area contributed by atoms with Crippen molar-refractivity contribution < 1.29 is 14.7 Å². The van der Waals surface area contributed by atoms with E-state index in [0.717, 1.165) is 0 Å². The molecule has 24 heavy (non-hydrogen) atoms. The first-order valence-electron chi connectivity index (χ1n) is 8.11. The quantitative estimate of drug-likeness (QED) is 0.246. The topological polar surface area (TPSA) is 107 Å². The molecule has 0 aromatic rings. The Morgan fingerprint density at radius 3 is 2.00 bits per heavy atom. The lowest BCUT2D eigenvalue weighted by atomic mass is 9.84. The van der Waals surface area contributed by atoms with E-state index in [4.69, 9.17) is 11.8 Å². The normalized spacial score (nSPS) is 12.6. The SMILES string of the molecule is [C-]#[N+]NC(=O)C(C)(C)CCCC(O)CCCC(C)(C)C(=O)NC#N. The van der Waals surface area contributed by atoms with Crippen molar-refractivity contribution in [3.05, 3.63) is 11.5 Å². The minimum atomic E-state index is -0.644. The van der Waals surface area contributed by atoms with Crippen LogP contribution in [-0.4, -0.2) is 23.0 Å². The molecule has 7 nitrogen and oxygen atoms in total. The van der Waals surface area contributed by atoms with Gasteiger partial charge in [-0.3, -0.25) is 14.9 Å². The van der Waals surface area contributed by atoms with Gasteiger partial charge in [0.1, 0.15) is 0 Å². The molecule has 0 spiro atoms. The van der Waals surface area contributed by atoms with Crippen molar-refractivity contribution in [2.24, 2.45) is 10.8 Å². The Morgan fingerprint density at radius 2 is 1.58 bits per heavy atom. The van der Waals surface area contributed by atoms with Crippen LogP contribution in [0.1, 0.15) is 66.2 Å². The number of carbonyl (C=O) groups is 2. The minimum absolute atomic E-state index is 0.308. The molecule has 0 fully saturated rings. The van der Waals surface area contributed by atoms with E-state index in [-0.39, 0.29) is 11.8 Å². The number of aliphatic hydroxyl groups is 1. The van der Waals surface area contributed by atoms with Crippen molar-refractivity contribution >= 4 is 11.8 Å². The van der Waals surface area contributed by atoms with Crippen LogP contribution in [0.15, 0.2) is 0 Å². The van der Waals surface area contributed by atoms with Gasteiger partial charge in [0.2, 0.25) is 5.91 Å². The summed E-state index contributed by atoms with van der Waals surface area (Å²) < 4.78 is 0. The van der Waals surface area contributed by atoms with E-state index in [2.05, 4.69) is 15.7 Å². The van der Waals surface area contributed by atoms with Gasteiger partial charge in [0.05, 0.1) is 11.5 Å². The monoisotopic (exact) mass is 336 g/mol. The lowest BCUT2D eigenvalue weighted by molar-refractivity contribution is -0.129. The Morgan fingerprint density at radius 1 is 1.12 bits per heavy atom. The van der Waals surface area contributed by atoms with Crippen LogP contribution in [0.3, 0.4) is 0 Å². The van der Waals surface area contributed by atoms with E-state index in [1.54, 1.807) is 33.9 Å². The van der Waals surface area contributed by atoms with Crippen molar-refractivity contribution in [2.45, 2.75) is 72.3 Å². The highest BCUT2D eigenvalue weighted by Crippen LogP contribution is 2.26. The van der Waals surface area contributed by atoms with Crippen LogP contribution in [0, 0.1) is 28.9 Å². The second-order valence-electron chi connectivity index (χ2n) is 7.32. The van der Waals surface area contributed by atoms with Crippen LogP contribution >= 0.6 is 0 Å². The maximum Gasteiger partial charge on any atom is 0.293 e. The maximum atomic E-state index is 11.7. The summed E-state index contributed by atoms with van der Waals surface area (Å²) in [6, 6.07) is 0. The van der Waals surface area contributed by atoms with Crippen LogP contribution in [0.25, 0.3) is 4.95 Å². The maximum absolute atomic E-state index is 11.7. The average Bonchev–Trinajstić information content (AvgIpc) is 2.47. The third-order valence-electron chi connectivity index (χ3n) is 4.23. The van der Waals surface area contributed by atoms with E-state index >= 15 is 0 Å². The molecule has 0 aliphatic rings. The van der Waals surface area contributed by atoms with E-state index in [0.29, 0.717) is 38.5 Å². The molecule has 2 amide bonds. The third kappa shape index (κ3) is 7.94. The van der Waals surface area contributed by atoms with Gasteiger partial charge in [-0.25, -0.2) is 0 Å². The van der Waals surface area contributed by atoms with E-state index in [9.17, 15) is 14.7 Å². The van der Waals surface area contributed by atoms with Crippen LogP contribution < -0.4 is 10.7 Å². The number of hydrogen-bond acceptors (Lipinski definition) is 4. The summed E-state index contributed by atoms with van der Waals surface area (Å²) in [4.78, 5) is 26.3. The second kappa shape index (κ2) is 9.89. The van der Waals surface area contributed by atoms with Gasteiger partial charge in [-0.2, -0.15) is 16.8 Å². The molecule has 0 aliphatic heterocycles. The van der Waals surface area contributed by atoms with Crippen LogP contribution in [-0.2, 0) is 9.59 Å². The summed E-state index contributed by atoms with van der Waals surface area (Å²) in [5.41, 5.74) is 0.844. The van der Waals surface area contributed by atoms with Gasteiger partial charge in [-0.1, -0.05) is 33.1 Å². The highest BCUT2D eigenvalue weighted by molar-refractivity contribution is 5.83. The Balaban J connectivity index is 4.10. The summed E-state index contributed by atoms with van der Waals surface area (Å²) in [5.74, 6) is -0.621. The minimum Gasteiger partial charge on any atom is -0.393 e. The molecule has 0 rings (SSSR count). The first kappa shape index (κ1) is 21.9. The van der Waals surface area contributed by atoms with Crippen molar-refractivity contribution in [1.82, 2.24) is 10.7 Å². The average molecular weight is 336 g/mol. The number of nitrogens with zero attached hydrogens (tertiary/aromatic N) is 2. The number of aliphatic hydroxyl groups excluding tert-OH is 1. The third-order valence-corrected chi connectivity index (χ3v) is 4.23. The molecule has 1 unspecified atom stereocenters. The summed E-state index contributed by atoms with van der Waals surface area (Å²) in [6.45, 7) is 13.7. The van der Waals surface area contributed by atoms with Gasteiger partial charge < -0.3 is 5.11 Å². The van der Waals surface area contributed by atoms with Gasteiger partial charge in [0.25, 0.3) is 5.91 Å². The fraction of sp³-hybridized carbons (Fsp3) is 0.765. The number of rotatable bonds is 10. The molecule has 0 aromatic heterocycles. The van der Waals surface area contributed by atoms with Crippen molar-refractivity contribution in [3.8, 4) is 6.19 Å². The molecular formula is C17H28N4O3. The summed E-state index contributed by atoms with van der Waals surface area (Å²) in [7, 11) is 0. The zero-order chi connectivity index (χ0) is 18.8. The highest BCUT2D eigenvalue weighted by atomic mass is 16.3. The smallest absolute Gasteiger partial charge is 0.293 e. The van der Waals surface area contributed by atoms with Gasteiger partial charge in [0, 0.05) is 5.41 Å². The zero-order valence-corrected chi connectivity index (χ0v) is 15.0. The Hall–Kier alpha value is -2.12. The largest absolute Gasteiger partial charge is 0.393 e. The molecule has 0 aliphatic carbocycles. The van der Waals surface area contributed by atoms with Gasteiger partial charge in [-0.05, 0) is 38.5 Å². The fourth-order valence-electron chi connectivity index (χ4n) is 2.35. The molecule has 0 radical (unpaired) electrons. The first-order valence-corrected chi connectivity index (χ1v) is 8.11. The predicted octanol–water partition coefficient (Wildman–Crippen LogP) is 2.29. The lowest BCUT2D eigenvalue weighted by Crippen LogP contribution is -2.34. The molecule has 0 aromatic carbocycles. The Labute approximate surface area is 144 Å². The molecule has 0 heterocycles. The lowest BCUT2D eigenvalue weighted by Gasteiger charge is -2.23. The standard InChI is InChI=1S/C17H28N4O3/c1-16(2,14(23)20-12-18)10-6-8-13(22)9-7-11-17(3,4)15(24)21-19-5/h13,22H,6-11H2,1-4H3,(H,20,23)(H,21,24). The zero-order valence-electron chi connectivity index (χ0n) is 15.0.